The fourth-order valence-corrected chi connectivity index (χ4v) is 5.50. The van der Waals surface area contributed by atoms with E-state index in [-0.39, 0.29) is 4.90 Å². The molecule has 5 rings (SSSR count). The maximum absolute atomic E-state index is 13.0. The summed E-state index contributed by atoms with van der Waals surface area (Å²) < 4.78 is 36.4. The van der Waals surface area contributed by atoms with E-state index < -0.39 is 10.0 Å². The second-order valence-electron chi connectivity index (χ2n) is 8.71. The molecule has 1 fully saturated rings. The highest BCUT2D eigenvalue weighted by Gasteiger charge is 2.20. The summed E-state index contributed by atoms with van der Waals surface area (Å²) in [4.78, 5) is 7.48. The number of morpholine rings is 1. The fraction of sp³-hybridized carbons (Fsp3) is 0.259. The Morgan fingerprint density at radius 2 is 1.69 bits per heavy atom. The molecule has 0 saturated carbocycles. The molecule has 0 aliphatic carbocycles. The van der Waals surface area contributed by atoms with Gasteiger partial charge in [0.2, 0.25) is 0 Å². The van der Waals surface area contributed by atoms with Gasteiger partial charge in [-0.05, 0) is 42.0 Å². The molecule has 3 aromatic carbocycles. The molecular weight excluding hydrogens is 474 g/mol. The van der Waals surface area contributed by atoms with E-state index in [0.717, 1.165) is 56.3 Å². The first kappa shape index (κ1) is 24.0. The molecule has 0 amide bonds. The Bertz CT molecular complexity index is 1490. The summed E-state index contributed by atoms with van der Waals surface area (Å²) in [5.74, 6) is 0.842. The van der Waals surface area contributed by atoms with E-state index in [1.54, 1.807) is 48.5 Å². The highest BCUT2D eigenvalue weighted by Crippen LogP contribution is 2.28. The lowest BCUT2D eigenvalue weighted by Crippen LogP contribution is -2.38. The molecule has 4 aromatic rings. The van der Waals surface area contributed by atoms with Crippen molar-refractivity contribution in [2.45, 2.75) is 17.9 Å². The van der Waals surface area contributed by atoms with Crippen LogP contribution in [0.1, 0.15) is 17.0 Å². The van der Waals surface area contributed by atoms with Crippen molar-refractivity contribution in [3.8, 4) is 6.07 Å². The van der Waals surface area contributed by atoms with Gasteiger partial charge in [0.1, 0.15) is 11.3 Å². The average molecular weight is 502 g/mol. The average Bonchev–Trinajstić information content (AvgIpc) is 3.26. The predicted molar refractivity (Wildman–Crippen MR) is 138 cm³/mol. The summed E-state index contributed by atoms with van der Waals surface area (Å²) in [7, 11) is -3.76. The first-order chi connectivity index (χ1) is 17.5. The number of benzene rings is 3. The second kappa shape index (κ2) is 10.5. The van der Waals surface area contributed by atoms with Gasteiger partial charge in [0.15, 0.2) is 0 Å². The molecule has 1 aliphatic rings. The maximum Gasteiger partial charge on any atom is 0.261 e. The number of fused-ring (bicyclic) bond motifs is 1. The van der Waals surface area contributed by atoms with Crippen LogP contribution in [0.15, 0.2) is 77.7 Å². The van der Waals surface area contributed by atoms with Crippen LogP contribution in [0.5, 0.6) is 0 Å². The molecule has 1 aliphatic heterocycles. The third-order valence-electron chi connectivity index (χ3n) is 6.34. The summed E-state index contributed by atoms with van der Waals surface area (Å²) in [5.41, 5.74) is 3.57. The minimum atomic E-state index is -3.76. The third kappa shape index (κ3) is 5.26. The van der Waals surface area contributed by atoms with Crippen LogP contribution in [0.4, 0.5) is 5.69 Å². The van der Waals surface area contributed by atoms with E-state index in [2.05, 4.69) is 20.3 Å². The van der Waals surface area contributed by atoms with E-state index in [9.17, 15) is 8.42 Å². The van der Waals surface area contributed by atoms with Gasteiger partial charge >= 0.3 is 0 Å². The molecular formula is C27H27N5O3S. The molecule has 0 spiro atoms. The lowest BCUT2D eigenvalue weighted by Gasteiger charge is -2.27. The normalized spacial score (nSPS) is 14.5. The van der Waals surface area contributed by atoms with E-state index in [0.29, 0.717) is 23.2 Å². The second-order valence-corrected chi connectivity index (χ2v) is 10.4. The molecule has 0 unspecified atom stereocenters. The molecule has 1 aromatic heterocycles. The Labute approximate surface area is 210 Å². The van der Waals surface area contributed by atoms with Gasteiger partial charge in [0.05, 0.1) is 40.9 Å². The zero-order chi connectivity index (χ0) is 25.0. The molecule has 2 heterocycles. The molecule has 9 heteroatoms. The number of para-hydroxylation sites is 1. The van der Waals surface area contributed by atoms with Gasteiger partial charge in [0.25, 0.3) is 10.0 Å². The number of rotatable bonds is 8. The first-order valence-corrected chi connectivity index (χ1v) is 13.4. The van der Waals surface area contributed by atoms with Gasteiger partial charge in [-0.15, -0.1) is 0 Å². The van der Waals surface area contributed by atoms with Crippen molar-refractivity contribution in [1.82, 2.24) is 14.5 Å². The quantitative estimate of drug-likeness (QED) is 0.396. The Morgan fingerprint density at radius 1 is 0.944 bits per heavy atom. The Hall–Kier alpha value is -3.71. The summed E-state index contributed by atoms with van der Waals surface area (Å²) in [6, 6.07) is 23.5. The highest BCUT2D eigenvalue weighted by molar-refractivity contribution is 7.92. The van der Waals surface area contributed by atoms with Gasteiger partial charge in [-0.3, -0.25) is 9.62 Å². The first-order valence-electron chi connectivity index (χ1n) is 11.9. The van der Waals surface area contributed by atoms with Crippen molar-refractivity contribution in [2.75, 3.05) is 37.6 Å². The van der Waals surface area contributed by atoms with Gasteiger partial charge in [-0.1, -0.05) is 36.4 Å². The lowest BCUT2D eigenvalue weighted by atomic mass is 10.1. The van der Waals surface area contributed by atoms with Crippen molar-refractivity contribution in [3.63, 3.8) is 0 Å². The van der Waals surface area contributed by atoms with Gasteiger partial charge < -0.3 is 9.30 Å². The van der Waals surface area contributed by atoms with Crippen LogP contribution in [-0.4, -0.2) is 55.7 Å². The molecule has 0 atom stereocenters. The Kier molecular flexibility index (Phi) is 7.00. The smallest absolute Gasteiger partial charge is 0.261 e. The maximum atomic E-state index is 13.0. The predicted octanol–water partition coefficient (Wildman–Crippen LogP) is 3.63. The molecule has 36 heavy (non-hydrogen) atoms. The fourth-order valence-electron chi connectivity index (χ4n) is 4.41. The number of hydrogen-bond acceptors (Lipinski definition) is 6. The summed E-state index contributed by atoms with van der Waals surface area (Å²) in [6.07, 6.45) is 0.564. The van der Waals surface area contributed by atoms with Crippen LogP contribution in [0.3, 0.4) is 0 Å². The number of nitrogens with one attached hydrogen (secondary N) is 1. The van der Waals surface area contributed by atoms with Crippen molar-refractivity contribution in [1.29, 1.82) is 5.26 Å². The number of ether oxygens (including phenoxy) is 1. The Morgan fingerprint density at radius 3 is 2.42 bits per heavy atom. The lowest BCUT2D eigenvalue weighted by molar-refractivity contribution is 0.0364. The SMILES string of the molecule is N#Cc1ccc(Cc2nc3c(NS(=O)(=O)c4ccccc4)cccc3n2CCN2CCOCC2)cc1. The summed E-state index contributed by atoms with van der Waals surface area (Å²) in [5, 5.41) is 9.12. The number of imidazole rings is 1. The molecule has 184 valence electrons. The number of aromatic nitrogens is 2. The largest absolute Gasteiger partial charge is 0.379 e. The van der Waals surface area contributed by atoms with Crippen LogP contribution in [0.25, 0.3) is 11.0 Å². The number of nitrogens with zero attached hydrogens (tertiary/aromatic N) is 4. The van der Waals surface area contributed by atoms with Crippen molar-refractivity contribution < 1.29 is 13.2 Å². The monoisotopic (exact) mass is 501 g/mol. The van der Waals surface area contributed by atoms with E-state index in [4.69, 9.17) is 15.0 Å². The van der Waals surface area contributed by atoms with Gasteiger partial charge in [-0.25, -0.2) is 13.4 Å². The number of sulfonamides is 1. The Balaban J connectivity index is 1.51. The van der Waals surface area contributed by atoms with Crippen LogP contribution in [0, 0.1) is 11.3 Å². The van der Waals surface area contributed by atoms with Gasteiger partial charge in [0, 0.05) is 32.6 Å². The zero-order valence-corrected chi connectivity index (χ0v) is 20.6. The topological polar surface area (TPSA) is 100 Å². The van der Waals surface area contributed by atoms with E-state index in [1.807, 2.05) is 24.3 Å². The molecule has 0 bridgehead atoms. The minimum absolute atomic E-state index is 0.201. The summed E-state index contributed by atoms with van der Waals surface area (Å²) >= 11 is 0. The van der Waals surface area contributed by atoms with Gasteiger partial charge in [-0.2, -0.15) is 5.26 Å². The van der Waals surface area contributed by atoms with Crippen molar-refractivity contribution >= 4 is 26.7 Å². The number of nitriles is 1. The molecule has 0 radical (unpaired) electrons. The standard InChI is InChI=1S/C27H27N5O3S/c28-20-22-11-9-21(10-12-22)19-26-29-27-24(30-36(33,34)23-5-2-1-3-6-23)7-4-8-25(27)32(26)14-13-31-15-17-35-18-16-31/h1-12,30H,13-19H2. The number of anilines is 1. The van der Waals surface area contributed by atoms with E-state index in [1.165, 1.54) is 0 Å². The zero-order valence-electron chi connectivity index (χ0n) is 19.8. The summed E-state index contributed by atoms with van der Waals surface area (Å²) in [6.45, 7) is 4.80. The van der Waals surface area contributed by atoms with Crippen LogP contribution < -0.4 is 4.72 Å². The minimum Gasteiger partial charge on any atom is -0.379 e. The number of hydrogen-bond donors (Lipinski definition) is 1. The van der Waals surface area contributed by atoms with Crippen LogP contribution in [0.2, 0.25) is 0 Å². The van der Waals surface area contributed by atoms with Crippen molar-refractivity contribution in [3.05, 3.63) is 89.7 Å². The van der Waals surface area contributed by atoms with Crippen LogP contribution in [-0.2, 0) is 27.7 Å². The van der Waals surface area contributed by atoms with Crippen molar-refractivity contribution in [2.24, 2.45) is 0 Å². The van der Waals surface area contributed by atoms with E-state index >= 15 is 0 Å². The molecule has 1 N–H and O–H groups in total. The van der Waals surface area contributed by atoms with Crippen LogP contribution >= 0.6 is 0 Å². The third-order valence-corrected chi connectivity index (χ3v) is 7.73. The highest BCUT2D eigenvalue weighted by atomic mass is 32.2. The molecule has 1 saturated heterocycles. The molecule has 8 nitrogen and oxygen atoms in total.